The number of rotatable bonds is 5. The predicted molar refractivity (Wildman–Crippen MR) is 71.9 cm³/mol. The molecule has 1 rings (SSSR count). The van der Waals surface area contributed by atoms with Crippen LogP contribution < -0.4 is 0 Å². The summed E-state index contributed by atoms with van der Waals surface area (Å²) in [5, 5.41) is 9.17. The monoisotopic (exact) mass is 365 g/mol. The van der Waals surface area contributed by atoms with E-state index in [1.807, 2.05) is 0 Å². The van der Waals surface area contributed by atoms with Crippen molar-refractivity contribution >= 4 is 38.3 Å². The van der Waals surface area contributed by atoms with Crippen LogP contribution in [0.3, 0.4) is 0 Å². The van der Waals surface area contributed by atoms with Crippen molar-refractivity contribution in [2.24, 2.45) is 0 Å². The molecule has 1 unspecified atom stereocenters. The molecule has 1 N–H and O–H groups in total. The van der Waals surface area contributed by atoms with Crippen molar-refractivity contribution in [3.8, 4) is 5.75 Å². The van der Waals surface area contributed by atoms with E-state index in [1.54, 1.807) is 31.2 Å². The van der Waals surface area contributed by atoms with Gasteiger partial charge in [-0.2, -0.15) is 2.95 Å². The maximum atomic E-state index is 11.7. The lowest BCUT2D eigenvalue weighted by Crippen LogP contribution is -2.33. The van der Waals surface area contributed by atoms with Gasteiger partial charge in [0, 0.05) is 38.7 Å². The van der Waals surface area contributed by atoms with E-state index in [4.69, 9.17) is 4.74 Å². The highest BCUT2D eigenvalue weighted by atomic mass is 79.9. The van der Waals surface area contributed by atoms with E-state index in [0.29, 0.717) is 13.0 Å². The number of carbonyl (C=O) groups excluding carboxylic acids is 1. The first-order valence-electron chi connectivity index (χ1n) is 5.10. The highest BCUT2D eigenvalue weighted by Gasteiger charge is 2.24. The van der Waals surface area contributed by atoms with Crippen LogP contribution in [0.5, 0.6) is 5.75 Å². The fourth-order valence-electron chi connectivity index (χ4n) is 1.33. The molecule has 17 heavy (non-hydrogen) atoms. The molecule has 6 heteroatoms. The van der Waals surface area contributed by atoms with Gasteiger partial charge < -0.3 is 9.84 Å². The number of nitrogens with zero attached hydrogens (tertiary/aromatic N) is 1. The van der Waals surface area contributed by atoms with Crippen LogP contribution in [0.1, 0.15) is 12.5 Å². The molecular formula is C11H13Br2NO3. The Labute approximate surface area is 117 Å². The van der Waals surface area contributed by atoms with Gasteiger partial charge in [-0.05, 0) is 24.6 Å². The highest BCUT2D eigenvalue weighted by molar-refractivity contribution is 9.21. The topological polar surface area (TPSA) is 49.8 Å². The number of phenolic OH excluding ortho intramolecular Hbond substituents is 1. The van der Waals surface area contributed by atoms with Crippen molar-refractivity contribution in [1.29, 1.82) is 0 Å². The van der Waals surface area contributed by atoms with Gasteiger partial charge in [-0.15, -0.1) is 0 Å². The molecule has 0 spiro atoms. The molecular weight excluding hydrogens is 354 g/mol. The summed E-state index contributed by atoms with van der Waals surface area (Å²) in [6.45, 7) is 2.11. The molecule has 0 bridgehead atoms. The minimum atomic E-state index is -0.459. The zero-order valence-electron chi connectivity index (χ0n) is 9.27. The van der Waals surface area contributed by atoms with E-state index in [-0.39, 0.29) is 11.7 Å². The number of carbonyl (C=O) groups is 1. The summed E-state index contributed by atoms with van der Waals surface area (Å²) in [4.78, 5) is 11.7. The largest absolute Gasteiger partial charge is 0.508 e. The summed E-state index contributed by atoms with van der Waals surface area (Å²) in [5.41, 5.74) is 0.935. The van der Waals surface area contributed by atoms with Gasteiger partial charge >= 0.3 is 5.97 Å². The van der Waals surface area contributed by atoms with E-state index in [9.17, 15) is 9.90 Å². The summed E-state index contributed by atoms with van der Waals surface area (Å²) in [5.74, 6) is -0.106. The standard InChI is InChI=1S/C11H13Br2NO3/c1-2-17-11(16)10(14(12)13)7-8-3-5-9(15)6-4-8/h3-6,10,15H,2,7H2,1H3. The summed E-state index contributed by atoms with van der Waals surface area (Å²) in [6, 6.07) is 6.25. The Bertz CT molecular complexity index is 367. The third kappa shape index (κ3) is 4.65. The number of ether oxygens (including phenoxy) is 1. The SMILES string of the molecule is CCOC(=O)C(Cc1ccc(O)cc1)N(Br)Br. The number of esters is 1. The van der Waals surface area contributed by atoms with Crippen LogP contribution in [-0.4, -0.2) is 26.7 Å². The minimum absolute atomic E-state index is 0.205. The molecule has 1 atom stereocenters. The first-order valence-corrected chi connectivity index (χ1v) is 6.51. The normalized spacial score (nSPS) is 12.5. The minimum Gasteiger partial charge on any atom is -0.508 e. The van der Waals surface area contributed by atoms with Gasteiger partial charge in [-0.1, -0.05) is 12.1 Å². The van der Waals surface area contributed by atoms with E-state index in [2.05, 4.69) is 32.3 Å². The number of halogens is 2. The number of aromatic hydroxyl groups is 1. The second-order valence-electron chi connectivity index (χ2n) is 3.40. The molecule has 1 aromatic rings. The predicted octanol–water partition coefficient (Wildman–Crippen LogP) is 2.79. The van der Waals surface area contributed by atoms with Crippen LogP contribution in [0.25, 0.3) is 0 Å². The van der Waals surface area contributed by atoms with Crippen LogP contribution >= 0.6 is 32.3 Å². The Balaban J connectivity index is 2.73. The smallest absolute Gasteiger partial charge is 0.325 e. The van der Waals surface area contributed by atoms with Gasteiger partial charge in [-0.3, -0.25) is 4.79 Å². The zero-order valence-corrected chi connectivity index (χ0v) is 12.4. The molecule has 94 valence electrons. The van der Waals surface area contributed by atoms with E-state index < -0.39 is 6.04 Å². The maximum absolute atomic E-state index is 11.7. The fourth-order valence-corrected chi connectivity index (χ4v) is 1.95. The lowest BCUT2D eigenvalue weighted by atomic mass is 10.1. The summed E-state index contributed by atoms with van der Waals surface area (Å²) >= 11 is 6.37. The molecule has 0 heterocycles. The molecule has 0 saturated carbocycles. The molecule has 0 fully saturated rings. The van der Waals surface area contributed by atoms with E-state index >= 15 is 0 Å². The Hall–Kier alpha value is -0.590. The molecule has 0 aromatic heterocycles. The Morgan fingerprint density at radius 2 is 2.00 bits per heavy atom. The summed E-state index contributed by atoms with van der Waals surface area (Å²) < 4.78 is 6.43. The molecule has 1 aromatic carbocycles. The zero-order chi connectivity index (χ0) is 12.8. The Kier molecular flexibility index (Phi) is 5.94. The van der Waals surface area contributed by atoms with Crippen molar-refractivity contribution in [3.05, 3.63) is 29.8 Å². The highest BCUT2D eigenvalue weighted by Crippen LogP contribution is 2.19. The van der Waals surface area contributed by atoms with Crippen molar-refractivity contribution in [2.75, 3.05) is 6.61 Å². The molecule has 0 aliphatic heterocycles. The lowest BCUT2D eigenvalue weighted by Gasteiger charge is -2.18. The summed E-state index contributed by atoms with van der Waals surface area (Å²) in [7, 11) is 0. The van der Waals surface area contributed by atoms with Crippen molar-refractivity contribution in [3.63, 3.8) is 0 Å². The van der Waals surface area contributed by atoms with E-state index in [0.717, 1.165) is 5.56 Å². The number of phenols is 1. The van der Waals surface area contributed by atoms with Gasteiger partial charge in [0.2, 0.25) is 0 Å². The third-order valence-electron chi connectivity index (χ3n) is 2.16. The number of hydrogen-bond donors (Lipinski definition) is 1. The first-order chi connectivity index (χ1) is 8.04. The van der Waals surface area contributed by atoms with Gasteiger partial charge in [0.1, 0.15) is 11.8 Å². The number of hydrogen-bond acceptors (Lipinski definition) is 4. The van der Waals surface area contributed by atoms with Crippen molar-refractivity contribution < 1.29 is 14.6 Å². The second kappa shape index (κ2) is 6.98. The fraction of sp³-hybridized carbons (Fsp3) is 0.364. The van der Waals surface area contributed by atoms with Gasteiger partial charge in [0.15, 0.2) is 0 Å². The third-order valence-corrected chi connectivity index (χ3v) is 3.15. The van der Waals surface area contributed by atoms with E-state index in [1.165, 1.54) is 2.95 Å². The van der Waals surface area contributed by atoms with Crippen LogP contribution in [0.4, 0.5) is 0 Å². The quantitative estimate of drug-likeness (QED) is 0.643. The Morgan fingerprint density at radius 3 is 2.47 bits per heavy atom. The van der Waals surface area contributed by atoms with Gasteiger partial charge in [-0.25, -0.2) is 0 Å². The van der Waals surface area contributed by atoms with Crippen LogP contribution in [0.2, 0.25) is 0 Å². The molecule has 0 saturated heterocycles. The Morgan fingerprint density at radius 1 is 1.41 bits per heavy atom. The molecule has 0 amide bonds. The molecule has 0 radical (unpaired) electrons. The van der Waals surface area contributed by atoms with Crippen molar-refractivity contribution in [2.45, 2.75) is 19.4 Å². The van der Waals surface area contributed by atoms with Crippen molar-refractivity contribution in [1.82, 2.24) is 2.95 Å². The average molecular weight is 367 g/mol. The van der Waals surface area contributed by atoms with Gasteiger partial charge in [0.25, 0.3) is 0 Å². The van der Waals surface area contributed by atoms with Gasteiger partial charge in [0.05, 0.1) is 6.61 Å². The van der Waals surface area contributed by atoms with Crippen LogP contribution in [0.15, 0.2) is 24.3 Å². The van der Waals surface area contributed by atoms with Crippen LogP contribution in [0, 0.1) is 0 Å². The average Bonchev–Trinajstić information content (AvgIpc) is 2.28. The second-order valence-corrected chi connectivity index (χ2v) is 5.88. The maximum Gasteiger partial charge on any atom is 0.325 e. The molecule has 4 nitrogen and oxygen atoms in total. The summed E-state index contributed by atoms with van der Waals surface area (Å²) in [6.07, 6.45) is 0.482. The number of benzene rings is 1. The first kappa shape index (κ1) is 14.5. The molecule has 0 aliphatic carbocycles. The van der Waals surface area contributed by atoms with Crippen LogP contribution in [-0.2, 0) is 16.0 Å². The lowest BCUT2D eigenvalue weighted by molar-refractivity contribution is -0.146. The molecule has 0 aliphatic rings.